The average molecular weight is 313 g/mol. The number of fused-ring (bicyclic) bond motifs is 1. The molecule has 0 aliphatic heterocycles. The molecule has 2 rings (SSSR count). The predicted octanol–water partition coefficient (Wildman–Crippen LogP) is 3.83. The van der Waals surface area contributed by atoms with Crippen LogP contribution in [0.15, 0.2) is 18.2 Å². The van der Waals surface area contributed by atoms with Crippen LogP contribution in [0.25, 0.3) is 11.0 Å². The molecule has 0 aliphatic rings. The van der Waals surface area contributed by atoms with Crippen molar-refractivity contribution in [1.29, 1.82) is 0 Å². The van der Waals surface area contributed by atoms with E-state index in [1.807, 2.05) is 23.9 Å². The van der Waals surface area contributed by atoms with Crippen molar-refractivity contribution in [2.75, 3.05) is 25.0 Å². The number of aryl methyl sites for hydroxylation is 1. The summed E-state index contributed by atoms with van der Waals surface area (Å²) in [6, 6.07) is 6.07. The molecule has 20 heavy (non-hydrogen) atoms. The molecule has 1 aromatic carbocycles. The van der Waals surface area contributed by atoms with E-state index in [9.17, 15) is 0 Å². The number of halogens is 1. The third kappa shape index (κ3) is 3.41. The number of alkyl halides is 1. The number of hydrogen-bond acceptors (Lipinski definition) is 3. The summed E-state index contributed by atoms with van der Waals surface area (Å²) < 4.78 is 7.58. The minimum absolute atomic E-state index is 0.595. The molecule has 0 radical (unpaired) electrons. The van der Waals surface area contributed by atoms with E-state index in [4.69, 9.17) is 21.3 Å². The van der Waals surface area contributed by atoms with Crippen molar-refractivity contribution >= 4 is 34.4 Å². The zero-order valence-corrected chi connectivity index (χ0v) is 13.8. The lowest BCUT2D eigenvalue weighted by atomic mass is 10.2. The highest BCUT2D eigenvalue weighted by molar-refractivity contribution is 7.98. The number of nitrogens with zero attached hydrogens (tertiary/aromatic N) is 2. The van der Waals surface area contributed by atoms with Gasteiger partial charge < -0.3 is 9.30 Å². The summed E-state index contributed by atoms with van der Waals surface area (Å²) >= 11 is 7.79. The molecule has 0 bridgehead atoms. The molecule has 0 saturated carbocycles. The van der Waals surface area contributed by atoms with Gasteiger partial charge in [-0.3, -0.25) is 0 Å². The molecular weight excluding hydrogens is 292 g/mol. The summed E-state index contributed by atoms with van der Waals surface area (Å²) in [4.78, 5) is 4.72. The second-order valence-electron chi connectivity index (χ2n) is 4.99. The Hall–Kier alpha value is -0.870. The van der Waals surface area contributed by atoms with Crippen molar-refractivity contribution in [3.63, 3.8) is 0 Å². The van der Waals surface area contributed by atoms with Gasteiger partial charge in [-0.2, -0.15) is 11.8 Å². The summed E-state index contributed by atoms with van der Waals surface area (Å²) in [6.07, 6.45) is 2.94. The van der Waals surface area contributed by atoms with E-state index in [2.05, 4.69) is 23.8 Å². The molecule has 1 heterocycles. The molecule has 1 unspecified atom stereocenters. The van der Waals surface area contributed by atoms with Crippen LogP contribution in [0, 0.1) is 5.92 Å². The van der Waals surface area contributed by atoms with E-state index in [1.54, 1.807) is 7.11 Å². The fourth-order valence-corrected chi connectivity index (χ4v) is 3.26. The zero-order chi connectivity index (χ0) is 14.5. The highest BCUT2D eigenvalue weighted by Gasteiger charge is 2.13. The van der Waals surface area contributed by atoms with Gasteiger partial charge >= 0.3 is 0 Å². The summed E-state index contributed by atoms with van der Waals surface area (Å²) in [7, 11) is 1.68. The fourth-order valence-electron chi connectivity index (χ4n) is 2.41. The highest BCUT2D eigenvalue weighted by Crippen LogP contribution is 2.23. The highest BCUT2D eigenvalue weighted by atomic mass is 35.5. The Bertz CT molecular complexity index is 570. The Labute approximate surface area is 129 Å². The molecule has 5 heteroatoms. The van der Waals surface area contributed by atoms with Gasteiger partial charge in [-0.05, 0) is 30.1 Å². The van der Waals surface area contributed by atoms with Crippen molar-refractivity contribution in [2.45, 2.75) is 19.9 Å². The Morgan fingerprint density at radius 2 is 2.25 bits per heavy atom. The Balaban J connectivity index is 2.40. The van der Waals surface area contributed by atoms with Crippen molar-refractivity contribution in [1.82, 2.24) is 9.55 Å². The Morgan fingerprint density at radius 1 is 1.45 bits per heavy atom. The van der Waals surface area contributed by atoms with Crippen molar-refractivity contribution in [2.24, 2.45) is 5.92 Å². The van der Waals surface area contributed by atoms with Gasteiger partial charge in [0.25, 0.3) is 0 Å². The minimum atomic E-state index is 0.595. The van der Waals surface area contributed by atoms with Gasteiger partial charge in [0.05, 0.1) is 18.1 Å². The van der Waals surface area contributed by atoms with Crippen LogP contribution < -0.4 is 4.74 Å². The standard InChI is InChI=1S/C15H21ClN2OS/c1-11(10-20-3)9-18-14-5-4-12(19-2)8-13(14)17-15(18)6-7-16/h4-5,8,11H,6-7,9-10H2,1-3H3. The van der Waals surface area contributed by atoms with Gasteiger partial charge in [0.2, 0.25) is 0 Å². The van der Waals surface area contributed by atoms with Crippen LogP contribution in [0.3, 0.4) is 0 Å². The molecule has 110 valence electrons. The van der Waals surface area contributed by atoms with Gasteiger partial charge in [-0.25, -0.2) is 4.98 Å². The summed E-state index contributed by atoms with van der Waals surface area (Å²) in [5.74, 6) is 4.26. The van der Waals surface area contributed by atoms with Crippen LogP contribution in [0.1, 0.15) is 12.7 Å². The van der Waals surface area contributed by atoms with Crippen LogP contribution >= 0.6 is 23.4 Å². The molecule has 0 spiro atoms. The first-order valence-corrected chi connectivity index (χ1v) is 8.70. The number of benzene rings is 1. The number of ether oxygens (including phenoxy) is 1. The van der Waals surface area contributed by atoms with Gasteiger partial charge in [0, 0.05) is 24.9 Å². The average Bonchev–Trinajstić information content (AvgIpc) is 2.76. The molecule has 3 nitrogen and oxygen atoms in total. The SMILES string of the molecule is COc1ccc2c(c1)nc(CCCl)n2CC(C)CSC. The maximum Gasteiger partial charge on any atom is 0.121 e. The van der Waals surface area contributed by atoms with E-state index in [-0.39, 0.29) is 0 Å². The van der Waals surface area contributed by atoms with Crippen LogP contribution in [0.2, 0.25) is 0 Å². The maximum absolute atomic E-state index is 5.91. The molecule has 1 atom stereocenters. The van der Waals surface area contributed by atoms with Gasteiger partial charge in [-0.15, -0.1) is 11.6 Å². The topological polar surface area (TPSA) is 27.1 Å². The minimum Gasteiger partial charge on any atom is -0.497 e. The molecule has 1 aromatic heterocycles. The number of rotatable bonds is 7. The number of aromatic nitrogens is 2. The number of hydrogen-bond donors (Lipinski definition) is 0. The number of imidazole rings is 1. The largest absolute Gasteiger partial charge is 0.497 e. The van der Waals surface area contributed by atoms with Crippen molar-refractivity contribution in [3.05, 3.63) is 24.0 Å². The predicted molar refractivity (Wildman–Crippen MR) is 88.3 cm³/mol. The molecular formula is C15H21ClN2OS. The lowest BCUT2D eigenvalue weighted by Crippen LogP contribution is -2.13. The molecule has 0 amide bonds. The van der Waals surface area contributed by atoms with Gasteiger partial charge in [-0.1, -0.05) is 6.92 Å². The third-order valence-corrected chi connectivity index (χ3v) is 4.39. The van der Waals surface area contributed by atoms with Gasteiger partial charge in [0.15, 0.2) is 0 Å². The van der Waals surface area contributed by atoms with E-state index in [1.165, 1.54) is 5.52 Å². The first kappa shape index (κ1) is 15.5. The van der Waals surface area contributed by atoms with E-state index < -0.39 is 0 Å². The first-order chi connectivity index (χ1) is 9.69. The molecule has 2 aromatic rings. The first-order valence-electron chi connectivity index (χ1n) is 6.77. The zero-order valence-electron chi connectivity index (χ0n) is 12.2. The second kappa shape index (κ2) is 7.23. The lowest BCUT2D eigenvalue weighted by molar-refractivity contribution is 0.415. The molecule has 0 aliphatic carbocycles. The Kier molecular flexibility index (Phi) is 5.61. The van der Waals surface area contributed by atoms with Crippen LogP contribution in [0.5, 0.6) is 5.75 Å². The van der Waals surface area contributed by atoms with Crippen molar-refractivity contribution in [3.8, 4) is 5.75 Å². The van der Waals surface area contributed by atoms with E-state index >= 15 is 0 Å². The summed E-state index contributed by atoms with van der Waals surface area (Å²) in [6.45, 7) is 3.26. The quantitative estimate of drug-likeness (QED) is 0.727. The lowest BCUT2D eigenvalue weighted by Gasteiger charge is -2.14. The Morgan fingerprint density at radius 3 is 2.90 bits per heavy atom. The molecule has 0 saturated heterocycles. The van der Waals surface area contributed by atoms with E-state index in [0.29, 0.717) is 11.8 Å². The fraction of sp³-hybridized carbons (Fsp3) is 0.533. The monoisotopic (exact) mass is 312 g/mol. The number of methoxy groups -OCH3 is 1. The van der Waals surface area contributed by atoms with Gasteiger partial charge in [0.1, 0.15) is 11.6 Å². The second-order valence-corrected chi connectivity index (χ2v) is 6.28. The smallest absolute Gasteiger partial charge is 0.121 e. The molecule has 0 N–H and O–H groups in total. The van der Waals surface area contributed by atoms with Crippen LogP contribution in [-0.4, -0.2) is 34.5 Å². The van der Waals surface area contributed by atoms with Crippen molar-refractivity contribution < 1.29 is 4.74 Å². The third-order valence-electron chi connectivity index (χ3n) is 3.30. The van der Waals surface area contributed by atoms with Crippen LogP contribution in [-0.2, 0) is 13.0 Å². The maximum atomic E-state index is 5.91. The van der Waals surface area contributed by atoms with Crippen LogP contribution in [0.4, 0.5) is 0 Å². The van der Waals surface area contributed by atoms with E-state index in [0.717, 1.165) is 35.8 Å². The summed E-state index contributed by atoms with van der Waals surface area (Å²) in [5, 5.41) is 0. The summed E-state index contributed by atoms with van der Waals surface area (Å²) in [5.41, 5.74) is 2.15. The molecule has 0 fully saturated rings. The number of thioether (sulfide) groups is 1. The normalized spacial score (nSPS) is 12.8.